The molecule has 0 bridgehead atoms. The summed E-state index contributed by atoms with van der Waals surface area (Å²) in [4.78, 5) is 10.9. The predicted octanol–water partition coefficient (Wildman–Crippen LogP) is 2.32. The third-order valence-electron chi connectivity index (χ3n) is 2.41. The van der Waals surface area contributed by atoms with Crippen molar-refractivity contribution >= 4 is 11.9 Å². The van der Waals surface area contributed by atoms with Crippen LogP contribution in [-0.4, -0.2) is 25.1 Å². The van der Waals surface area contributed by atoms with Gasteiger partial charge in [-0.2, -0.15) is 0 Å². The van der Waals surface area contributed by atoms with E-state index in [1.54, 1.807) is 13.0 Å². The number of allylic oxidation sites excluding steroid dienone is 1. The van der Waals surface area contributed by atoms with Crippen LogP contribution in [0.2, 0.25) is 0 Å². The first kappa shape index (κ1) is 13.1. The Morgan fingerprint density at radius 3 is 2.47 bits per heavy atom. The van der Waals surface area contributed by atoms with E-state index in [1.165, 1.54) is 33.3 Å². The lowest BCUT2D eigenvalue weighted by atomic mass is 10.1. The largest absolute Gasteiger partial charge is 0.504 e. The van der Waals surface area contributed by atoms with Crippen LogP contribution in [0.3, 0.4) is 0 Å². The van der Waals surface area contributed by atoms with Gasteiger partial charge in [-0.05, 0) is 32.1 Å². The van der Waals surface area contributed by atoms with Gasteiger partial charge in [0, 0.05) is 11.1 Å². The molecule has 0 saturated carbocycles. The molecular formula is C13H16O4. The minimum absolute atomic E-state index is 0.00306. The van der Waals surface area contributed by atoms with Gasteiger partial charge in [-0.1, -0.05) is 0 Å². The van der Waals surface area contributed by atoms with Crippen molar-refractivity contribution in [1.29, 1.82) is 0 Å². The van der Waals surface area contributed by atoms with Gasteiger partial charge < -0.3 is 14.6 Å². The smallest absolute Gasteiger partial charge is 0.167 e. The normalized spacial score (nSPS) is 10.6. The van der Waals surface area contributed by atoms with Gasteiger partial charge in [0.15, 0.2) is 17.3 Å². The lowest BCUT2D eigenvalue weighted by Crippen LogP contribution is -1.95. The summed E-state index contributed by atoms with van der Waals surface area (Å²) in [6, 6.07) is 1.66. The van der Waals surface area contributed by atoms with E-state index in [1.807, 2.05) is 0 Å². The third-order valence-corrected chi connectivity index (χ3v) is 2.41. The Labute approximate surface area is 100 Å². The van der Waals surface area contributed by atoms with Crippen LogP contribution in [0.15, 0.2) is 12.1 Å². The fourth-order valence-corrected chi connectivity index (χ4v) is 1.53. The zero-order valence-corrected chi connectivity index (χ0v) is 10.4. The van der Waals surface area contributed by atoms with Gasteiger partial charge in [0.25, 0.3) is 0 Å². The molecule has 1 rings (SSSR count). The first-order chi connectivity index (χ1) is 8.01. The average molecular weight is 236 g/mol. The number of phenols is 1. The topological polar surface area (TPSA) is 55.8 Å². The zero-order valence-electron chi connectivity index (χ0n) is 10.4. The number of benzene rings is 1. The molecule has 4 nitrogen and oxygen atoms in total. The van der Waals surface area contributed by atoms with Crippen LogP contribution in [0.4, 0.5) is 0 Å². The highest BCUT2D eigenvalue weighted by Crippen LogP contribution is 2.39. The molecular weight excluding hydrogens is 220 g/mol. The van der Waals surface area contributed by atoms with Crippen molar-refractivity contribution in [1.82, 2.24) is 0 Å². The van der Waals surface area contributed by atoms with Crippen LogP contribution >= 0.6 is 0 Å². The number of carbonyl (C=O) groups excluding carboxylic acids is 1. The van der Waals surface area contributed by atoms with Crippen LogP contribution in [0.5, 0.6) is 17.2 Å². The van der Waals surface area contributed by atoms with Crippen LogP contribution in [0, 0.1) is 6.92 Å². The summed E-state index contributed by atoms with van der Waals surface area (Å²) in [5.41, 5.74) is 1.20. The molecule has 0 aliphatic carbocycles. The fraction of sp³-hybridized carbons (Fsp3) is 0.308. The Morgan fingerprint density at radius 1 is 1.35 bits per heavy atom. The molecule has 0 heterocycles. The van der Waals surface area contributed by atoms with E-state index in [4.69, 9.17) is 9.47 Å². The predicted molar refractivity (Wildman–Crippen MR) is 65.7 cm³/mol. The van der Waals surface area contributed by atoms with E-state index in [0.29, 0.717) is 22.6 Å². The van der Waals surface area contributed by atoms with E-state index in [9.17, 15) is 9.90 Å². The summed E-state index contributed by atoms with van der Waals surface area (Å²) in [6.07, 6.45) is 2.91. The summed E-state index contributed by atoms with van der Waals surface area (Å²) in [5, 5.41) is 9.96. The fourth-order valence-electron chi connectivity index (χ4n) is 1.53. The number of aromatic hydroxyl groups is 1. The SMILES string of the molecule is COc1cc(/C=C\C(C)=O)c(O)c(OC)c1C. The monoisotopic (exact) mass is 236 g/mol. The highest BCUT2D eigenvalue weighted by molar-refractivity contribution is 5.92. The summed E-state index contributed by atoms with van der Waals surface area (Å²) in [5.74, 6) is 0.863. The summed E-state index contributed by atoms with van der Waals surface area (Å²) >= 11 is 0. The Hall–Kier alpha value is -1.97. The standard InChI is InChI=1S/C13H16O4/c1-8(14)5-6-10-7-11(16-3)9(2)13(17-4)12(10)15/h5-7,15H,1-4H3/b6-5-. The molecule has 0 spiro atoms. The zero-order chi connectivity index (χ0) is 13.0. The van der Waals surface area contributed by atoms with E-state index in [-0.39, 0.29) is 11.5 Å². The van der Waals surface area contributed by atoms with Gasteiger partial charge in [-0.15, -0.1) is 0 Å². The van der Waals surface area contributed by atoms with Gasteiger partial charge in [-0.3, -0.25) is 4.79 Å². The van der Waals surface area contributed by atoms with Crippen molar-refractivity contribution in [2.45, 2.75) is 13.8 Å². The van der Waals surface area contributed by atoms with Gasteiger partial charge in [0.2, 0.25) is 0 Å². The number of rotatable bonds is 4. The van der Waals surface area contributed by atoms with Crippen molar-refractivity contribution in [3.63, 3.8) is 0 Å². The second-order valence-electron chi connectivity index (χ2n) is 3.62. The second kappa shape index (κ2) is 5.39. The van der Waals surface area contributed by atoms with Crippen molar-refractivity contribution in [2.75, 3.05) is 14.2 Å². The van der Waals surface area contributed by atoms with E-state index >= 15 is 0 Å². The molecule has 4 heteroatoms. The average Bonchev–Trinajstić information content (AvgIpc) is 2.28. The number of methoxy groups -OCH3 is 2. The van der Waals surface area contributed by atoms with Crippen molar-refractivity contribution in [3.05, 3.63) is 23.3 Å². The molecule has 0 radical (unpaired) electrons. The molecule has 0 unspecified atom stereocenters. The van der Waals surface area contributed by atoms with Crippen molar-refractivity contribution in [2.24, 2.45) is 0 Å². The number of ether oxygens (including phenoxy) is 2. The number of phenolic OH excluding ortho intramolecular Hbond substituents is 1. The summed E-state index contributed by atoms with van der Waals surface area (Å²) < 4.78 is 10.3. The first-order valence-corrected chi connectivity index (χ1v) is 5.14. The maximum atomic E-state index is 10.9. The Bertz CT molecular complexity index is 461. The van der Waals surface area contributed by atoms with Crippen molar-refractivity contribution in [3.8, 4) is 17.2 Å². The molecule has 0 aliphatic rings. The minimum atomic E-state index is -0.0945. The lowest BCUT2D eigenvalue weighted by Gasteiger charge is -2.13. The first-order valence-electron chi connectivity index (χ1n) is 5.14. The molecule has 1 aromatic carbocycles. The maximum absolute atomic E-state index is 10.9. The molecule has 92 valence electrons. The van der Waals surface area contributed by atoms with Crippen LogP contribution in [0.1, 0.15) is 18.1 Å². The van der Waals surface area contributed by atoms with Gasteiger partial charge in [-0.25, -0.2) is 0 Å². The Morgan fingerprint density at radius 2 is 2.00 bits per heavy atom. The molecule has 0 saturated heterocycles. The third kappa shape index (κ3) is 2.78. The number of hydrogen-bond donors (Lipinski definition) is 1. The van der Waals surface area contributed by atoms with Gasteiger partial charge >= 0.3 is 0 Å². The van der Waals surface area contributed by atoms with Gasteiger partial charge in [0.1, 0.15) is 5.75 Å². The molecule has 0 atom stereocenters. The molecule has 1 N–H and O–H groups in total. The molecule has 0 aromatic heterocycles. The number of ketones is 1. The Kier molecular flexibility index (Phi) is 4.15. The van der Waals surface area contributed by atoms with Crippen LogP contribution < -0.4 is 9.47 Å². The summed E-state index contributed by atoms with van der Waals surface area (Å²) in [6.45, 7) is 3.23. The highest BCUT2D eigenvalue weighted by atomic mass is 16.5. The minimum Gasteiger partial charge on any atom is -0.504 e. The number of hydrogen-bond acceptors (Lipinski definition) is 4. The summed E-state index contributed by atoms with van der Waals surface area (Å²) in [7, 11) is 3.01. The lowest BCUT2D eigenvalue weighted by molar-refractivity contribution is -0.112. The van der Waals surface area contributed by atoms with E-state index in [2.05, 4.69) is 0 Å². The quantitative estimate of drug-likeness (QED) is 0.815. The molecule has 0 fully saturated rings. The molecule has 1 aromatic rings. The number of carbonyl (C=O) groups is 1. The van der Waals surface area contributed by atoms with E-state index in [0.717, 1.165) is 0 Å². The van der Waals surface area contributed by atoms with E-state index < -0.39 is 0 Å². The maximum Gasteiger partial charge on any atom is 0.167 e. The van der Waals surface area contributed by atoms with Crippen LogP contribution in [0.25, 0.3) is 6.08 Å². The molecule has 0 amide bonds. The molecule has 17 heavy (non-hydrogen) atoms. The van der Waals surface area contributed by atoms with Crippen molar-refractivity contribution < 1.29 is 19.4 Å². The molecule has 0 aliphatic heterocycles. The Balaban J connectivity index is 3.36. The van der Waals surface area contributed by atoms with Crippen LogP contribution in [-0.2, 0) is 4.79 Å². The second-order valence-corrected chi connectivity index (χ2v) is 3.62. The van der Waals surface area contributed by atoms with Gasteiger partial charge in [0.05, 0.1) is 14.2 Å². The highest BCUT2D eigenvalue weighted by Gasteiger charge is 2.14.